The summed E-state index contributed by atoms with van der Waals surface area (Å²) in [5.74, 6) is 0.973. The molecule has 3 fully saturated rings. The van der Waals surface area contributed by atoms with Crippen molar-refractivity contribution in [3.63, 3.8) is 0 Å². The first-order valence-corrected chi connectivity index (χ1v) is 22.4. The fourth-order valence-corrected chi connectivity index (χ4v) is 20.4. The maximum absolute atomic E-state index is 12.9. The van der Waals surface area contributed by atoms with Crippen LogP contribution in [-0.4, -0.2) is 106 Å². The topological polar surface area (TPSA) is 51.2 Å². The monoisotopic (exact) mass is 818 g/mol. The summed E-state index contributed by atoms with van der Waals surface area (Å²) < 4.78 is 4.53. The molecule has 0 aromatic rings. The molecule has 0 amide bonds. The van der Waals surface area contributed by atoms with Gasteiger partial charge in [-0.15, -0.1) is 0 Å². The normalized spacial score (nSPS) is 33.6. The molecule has 170 valence electrons. The van der Waals surface area contributed by atoms with E-state index in [4.69, 9.17) is 0 Å². The first-order valence-electron chi connectivity index (χ1n) is 10.6. The van der Waals surface area contributed by atoms with E-state index in [9.17, 15) is 14.4 Å². The first-order chi connectivity index (χ1) is 14.2. The summed E-state index contributed by atoms with van der Waals surface area (Å²) in [6.45, 7) is 8.85. The molecule has 3 heterocycles. The predicted molar refractivity (Wildman–Crippen MR) is 136 cm³/mol. The molecule has 6 unspecified atom stereocenters. The maximum atomic E-state index is 12.9. The number of carbonyl (C=O) groups excluding carboxylic acids is 3. The van der Waals surface area contributed by atoms with Gasteiger partial charge in [-0.3, -0.25) is 0 Å². The van der Waals surface area contributed by atoms with Gasteiger partial charge >= 0.3 is 228 Å². The van der Waals surface area contributed by atoms with Crippen LogP contribution in [-0.2, 0) is 14.4 Å². The quantitative estimate of drug-likeness (QED) is 0.174. The van der Waals surface area contributed by atoms with Crippen molar-refractivity contribution in [2.24, 2.45) is 5.41 Å². The van der Waals surface area contributed by atoms with Crippen LogP contribution >= 0.6 is 35.3 Å². The molecular weight excluding hydrogens is 779 g/mol. The third-order valence-corrected chi connectivity index (χ3v) is 26.5. The van der Waals surface area contributed by atoms with Gasteiger partial charge in [0.15, 0.2) is 0 Å². The zero-order chi connectivity index (χ0) is 21.9. The summed E-state index contributed by atoms with van der Waals surface area (Å²) in [5.41, 5.74) is -0.398. The van der Waals surface area contributed by atoms with Gasteiger partial charge in [0, 0.05) is 0 Å². The third kappa shape index (κ3) is 9.23. The summed E-state index contributed by atoms with van der Waals surface area (Å²) in [4.78, 5) is 38.6. The minimum atomic E-state index is -0.398. The molecule has 3 rings (SSSR count). The van der Waals surface area contributed by atoms with Crippen molar-refractivity contribution in [1.82, 2.24) is 0 Å². The van der Waals surface area contributed by atoms with Crippen molar-refractivity contribution < 1.29 is 14.4 Å². The van der Waals surface area contributed by atoms with Gasteiger partial charge in [-0.25, -0.2) is 0 Å². The molecule has 0 N–H and O–H groups in total. The van der Waals surface area contributed by atoms with Crippen molar-refractivity contribution in [3.8, 4) is 0 Å². The number of hydrogen-bond acceptors (Lipinski definition) is 6. The van der Waals surface area contributed by atoms with E-state index in [1.54, 1.807) is 0 Å². The van der Waals surface area contributed by atoms with Crippen molar-refractivity contribution in [3.05, 3.63) is 0 Å². The van der Waals surface area contributed by atoms with Crippen molar-refractivity contribution in [2.75, 3.05) is 0 Å². The zero-order valence-corrected chi connectivity index (χ0v) is 27.5. The molecule has 3 aliphatic rings. The molecule has 0 radical (unpaired) electrons. The van der Waals surface area contributed by atoms with Gasteiger partial charge in [-0.1, -0.05) is 0 Å². The van der Waals surface area contributed by atoms with Crippen LogP contribution in [0.2, 0.25) is 13.4 Å². The second-order valence-electron chi connectivity index (χ2n) is 8.56. The van der Waals surface area contributed by atoms with Gasteiger partial charge in [0.2, 0.25) is 0 Å². The van der Waals surface area contributed by atoms with Crippen LogP contribution in [0.5, 0.6) is 0 Å². The van der Waals surface area contributed by atoms with E-state index >= 15 is 0 Å². The number of rotatable bonds is 16. The molecule has 0 saturated carbocycles. The average Bonchev–Trinajstić information content (AvgIpc) is 3.62. The van der Waals surface area contributed by atoms with Crippen molar-refractivity contribution in [1.29, 1.82) is 0 Å². The summed E-state index contributed by atoms with van der Waals surface area (Å²) in [6.07, 6.45) is 2.15. The van der Waals surface area contributed by atoms with Gasteiger partial charge in [-0.05, 0) is 0 Å². The van der Waals surface area contributed by atoms with E-state index in [2.05, 4.69) is 27.7 Å². The van der Waals surface area contributed by atoms with E-state index in [-0.39, 0.29) is 62.8 Å². The van der Waals surface area contributed by atoms with Crippen LogP contribution in [0.25, 0.3) is 0 Å². The fraction of sp³-hybridized carbons (Fsp3) is 0.857. The van der Waals surface area contributed by atoms with Crippen molar-refractivity contribution >= 4 is 115 Å². The second kappa shape index (κ2) is 12.4. The van der Waals surface area contributed by atoms with E-state index < -0.39 is 5.41 Å². The zero-order valence-electron chi connectivity index (χ0n) is 18.1. The number of thioether (sulfide) groups is 3. The Labute approximate surface area is 224 Å². The number of ketones is 3. The van der Waals surface area contributed by atoms with Crippen LogP contribution < -0.4 is 0 Å². The van der Waals surface area contributed by atoms with Crippen LogP contribution in [0.15, 0.2) is 0 Å². The summed E-state index contributed by atoms with van der Waals surface area (Å²) in [7, 11) is 0. The Balaban J connectivity index is 1.54. The molecule has 3 aliphatic heterocycles. The molecule has 6 atom stereocenters. The Hall–Kier alpha value is 2.43. The minimum absolute atomic E-state index is 0.270. The van der Waals surface area contributed by atoms with Crippen molar-refractivity contribution in [2.45, 2.75) is 92.4 Å². The SMILES string of the molecule is CCC(CC(=O)C[Te]C1SC1C)(CC(=O)C[Te]C1SC1C)CC(=O)C[Te]C1SC1C. The van der Waals surface area contributed by atoms with Gasteiger partial charge < -0.3 is 0 Å². The summed E-state index contributed by atoms with van der Waals surface area (Å²) in [6, 6.07) is 0. The van der Waals surface area contributed by atoms with E-state index in [1.807, 2.05) is 35.3 Å². The van der Waals surface area contributed by atoms with E-state index in [1.165, 1.54) is 0 Å². The first kappa shape index (κ1) is 27.0. The molecule has 9 heteroatoms. The Morgan fingerprint density at radius 3 is 1.13 bits per heavy atom. The van der Waals surface area contributed by atoms with Gasteiger partial charge in [0.05, 0.1) is 0 Å². The van der Waals surface area contributed by atoms with Gasteiger partial charge in [0.1, 0.15) is 0 Å². The average molecular weight is 811 g/mol. The molecule has 30 heavy (non-hydrogen) atoms. The Morgan fingerprint density at radius 2 is 0.933 bits per heavy atom. The van der Waals surface area contributed by atoms with Gasteiger partial charge in [-0.2, -0.15) is 0 Å². The van der Waals surface area contributed by atoms with E-state index in [0.29, 0.717) is 36.6 Å². The van der Waals surface area contributed by atoms with Gasteiger partial charge in [0.25, 0.3) is 0 Å². The van der Waals surface area contributed by atoms with E-state index in [0.717, 1.165) is 45.5 Å². The molecule has 0 spiro atoms. The standard InChI is InChI=1S/C21H32O3S3Te3/c1-5-21(6-15(22)9-28-18-12(2)25-18,7-16(23)10-29-19-13(3)26-19)8-17(24)11-30-20-14(4)27-20/h12-14,18-20H,5-11H2,1-4H3. The van der Waals surface area contributed by atoms with Crippen LogP contribution in [0, 0.1) is 5.41 Å². The number of Topliss-reactive ketones (excluding diaryl/α,β-unsaturated/α-hetero) is 3. The molecule has 0 aliphatic carbocycles. The van der Waals surface area contributed by atoms with Crippen LogP contribution in [0.3, 0.4) is 0 Å². The Bertz CT molecular complexity index is 579. The summed E-state index contributed by atoms with van der Waals surface area (Å²) in [5, 5.41) is 2.25. The molecule has 3 nitrogen and oxygen atoms in total. The second-order valence-corrected chi connectivity index (χ2v) is 25.6. The predicted octanol–water partition coefficient (Wildman–Crippen LogP) is 4.01. The Kier molecular flexibility index (Phi) is 11.2. The number of carbonyl (C=O) groups is 3. The molecule has 0 bridgehead atoms. The molecular formula is C21H32O3S3Te3. The Morgan fingerprint density at radius 1 is 0.667 bits per heavy atom. The third-order valence-electron chi connectivity index (χ3n) is 5.66. The summed E-state index contributed by atoms with van der Waals surface area (Å²) >= 11 is 5.22. The molecule has 3 saturated heterocycles. The van der Waals surface area contributed by atoms with Crippen LogP contribution in [0.4, 0.5) is 0 Å². The fourth-order valence-electron chi connectivity index (χ4n) is 3.52. The number of hydrogen-bond donors (Lipinski definition) is 0. The van der Waals surface area contributed by atoms with Crippen LogP contribution in [0.1, 0.15) is 53.4 Å². The molecule has 0 aromatic heterocycles. The molecule has 0 aromatic carbocycles.